The van der Waals surface area contributed by atoms with Crippen molar-refractivity contribution in [3.05, 3.63) is 0 Å². The maximum atomic E-state index is 11.4. The van der Waals surface area contributed by atoms with Gasteiger partial charge < -0.3 is 4.74 Å². The first-order valence-corrected chi connectivity index (χ1v) is 7.81. The highest BCUT2D eigenvalue weighted by molar-refractivity contribution is 5.69. The van der Waals surface area contributed by atoms with Crippen LogP contribution in [0.5, 0.6) is 0 Å². The molecule has 2 nitrogen and oxygen atoms in total. The van der Waals surface area contributed by atoms with Gasteiger partial charge in [-0.15, -0.1) is 0 Å². The molecule has 0 spiro atoms. The molecule has 0 saturated carbocycles. The number of rotatable bonds is 8. The summed E-state index contributed by atoms with van der Waals surface area (Å²) in [5, 5.41) is 0. The van der Waals surface area contributed by atoms with Crippen molar-refractivity contribution in [3.8, 4) is 0 Å². The highest BCUT2D eigenvalue weighted by Gasteiger charge is 2.21. The van der Waals surface area contributed by atoms with E-state index in [-0.39, 0.29) is 12.1 Å². The molecule has 0 rings (SSSR count). The summed E-state index contributed by atoms with van der Waals surface area (Å²) in [7, 11) is 0. The van der Waals surface area contributed by atoms with Crippen molar-refractivity contribution >= 4 is 5.97 Å². The van der Waals surface area contributed by atoms with Crippen LogP contribution in [0.1, 0.15) is 80.6 Å². The minimum Gasteiger partial charge on any atom is -0.463 e. The SMILES string of the molecule is CC(C)OC(=O)CCCCC(CC(C)(C)C)C(C)C. The van der Waals surface area contributed by atoms with Crippen LogP contribution >= 0.6 is 0 Å². The fourth-order valence-electron chi connectivity index (χ4n) is 2.46. The van der Waals surface area contributed by atoms with Gasteiger partial charge >= 0.3 is 5.97 Å². The minimum absolute atomic E-state index is 0.0109. The van der Waals surface area contributed by atoms with Crippen molar-refractivity contribution in [2.24, 2.45) is 17.3 Å². The Bertz CT molecular complexity index is 248. The Morgan fingerprint density at radius 1 is 1.05 bits per heavy atom. The lowest BCUT2D eigenvalue weighted by Gasteiger charge is -2.28. The molecule has 114 valence electrons. The van der Waals surface area contributed by atoms with Crippen molar-refractivity contribution in [2.75, 3.05) is 0 Å². The second-order valence-corrected chi connectivity index (χ2v) is 7.55. The van der Waals surface area contributed by atoms with Gasteiger partial charge in [0.1, 0.15) is 0 Å². The van der Waals surface area contributed by atoms with Crippen LogP contribution in [-0.2, 0) is 9.53 Å². The third-order valence-corrected chi connectivity index (χ3v) is 3.39. The molecule has 0 aromatic heterocycles. The van der Waals surface area contributed by atoms with Gasteiger partial charge in [-0.05, 0) is 43.9 Å². The molecule has 0 aromatic carbocycles. The Kier molecular flexibility index (Phi) is 8.36. The predicted octanol–water partition coefficient (Wildman–Crippen LogP) is 5.21. The maximum Gasteiger partial charge on any atom is 0.306 e. The van der Waals surface area contributed by atoms with Crippen LogP contribution in [0, 0.1) is 17.3 Å². The maximum absolute atomic E-state index is 11.4. The van der Waals surface area contributed by atoms with Gasteiger partial charge in [-0.2, -0.15) is 0 Å². The minimum atomic E-state index is -0.0491. The number of ether oxygens (including phenoxy) is 1. The fourth-order valence-corrected chi connectivity index (χ4v) is 2.46. The standard InChI is InChI=1S/C17H34O2/c1-13(2)15(12-17(5,6)7)10-8-9-11-16(18)19-14(3)4/h13-15H,8-12H2,1-7H3. The van der Waals surface area contributed by atoms with Crippen LogP contribution in [-0.4, -0.2) is 12.1 Å². The van der Waals surface area contributed by atoms with Crippen LogP contribution in [0.3, 0.4) is 0 Å². The summed E-state index contributed by atoms with van der Waals surface area (Å²) in [5.74, 6) is 1.44. The van der Waals surface area contributed by atoms with Gasteiger partial charge in [0, 0.05) is 6.42 Å². The molecule has 2 heteroatoms. The Morgan fingerprint density at radius 2 is 1.63 bits per heavy atom. The zero-order valence-corrected chi connectivity index (χ0v) is 14.1. The number of hydrogen-bond acceptors (Lipinski definition) is 2. The van der Waals surface area contributed by atoms with Gasteiger partial charge in [-0.3, -0.25) is 4.79 Å². The van der Waals surface area contributed by atoms with Crippen molar-refractivity contribution < 1.29 is 9.53 Å². The first-order valence-electron chi connectivity index (χ1n) is 7.81. The molecule has 0 radical (unpaired) electrons. The predicted molar refractivity (Wildman–Crippen MR) is 82.1 cm³/mol. The van der Waals surface area contributed by atoms with E-state index in [1.165, 1.54) is 12.8 Å². The van der Waals surface area contributed by atoms with Crippen LogP contribution in [0.15, 0.2) is 0 Å². The van der Waals surface area contributed by atoms with E-state index in [1.807, 2.05) is 13.8 Å². The first-order chi connectivity index (χ1) is 8.61. The van der Waals surface area contributed by atoms with E-state index < -0.39 is 0 Å². The average Bonchev–Trinajstić information content (AvgIpc) is 2.19. The fraction of sp³-hybridized carbons (Fsp3) is 0.941. The number of carbonyl (C=O) groups is 1. The lowest BCUT2D eigenvalue weighted by atomic mass is 9.77. The van der Waals surface area contributed by atoms with Gasteiger partial charge in [0.2, 0.25) is 0 Å². The molecule has 0 aromatic rings. The Morgan fingerprint density at radius 3 is 2.05 bits per heavy atom. The largest absolute Gasteiger partial charge is 0.463 e. The third kappa shape index (κ3) is 11.0. The van der Waals surface area contributed by atoms with Gasteiger partial charge in [0.15, 0.2) is 0 Å². The van der Waals surface area contributed by atoms with Crippen LogP contribution in [0.2, 0.25) is 0 Å². The highest BCUT2D eigenvalue weighted by Crippen LogP contribution is 2.32. The van der Waals surface area contributed by atoms with Crippen LogP contribution < -0.4 is 0 Å². The molecule has 1 atom stereocenters. The van der Waals surface area contributed by atoms with Crippen molar-refractivity contribution in [2.45, 2.75) is 86.7 Å². The summed E-state index contributed by atoms with van der Waals surface area (Å²) >= 11 is 0. The Hall–Kier alpha value is -0.530. The van der Waals surface area contributed by atoms with E-state index in [0.717, 1.165) is 24.7 Å². The van der Waals surface area contributed by atoms with E-state index in [0.29, 0.717) is 11.8 Å². The van der Waals surface area contributed by atoms with E-state index in [1.54, 1.807) is 0 Å². The third-order valence-electron chi connectivity index (χ3n) is 3.39. The summed E-state index contributed by atoms with van der Waals surface area (Å²) in [5.41, 5.74) is 0.394. The topological polar surface area (TPSA) is 26.3 Å². The number of hydrogen-bond donors (Lipinski definition) is 0. The van der Waals surface area contributed by atoms with Crippen molar-refractivity contribution in [1.29, 1.82) is 0 Å². The molecule has 0 saturated heterocycles. The molecule has 0 fully saturated rings. The zero-order valence-electron chi connectivity index (χ0n) is 14.1. The Labute approximate surface area is 120 Å². The number of esters is 1. The molecule has 0 heterocycles. The van der Waals surface area contributed by atoms with E-state index in [9.17, 15) is 4.79 Å². The van der Waals surface area contributed by atoms with Crippen LogP contribution in [0.25, 0.3) is 0 Å². The second kappa shape index (κ2) is 8.60. The molecule has 0 aliphatic rings. The molecular weight excluding hydrogens is 236 g/mol. The summed E-state index contributed by atoms with van der Waals surface area (Å²) < 4.78 is 5.15. The average molecular weight is 270 g/mol. The van der Waals surface area contributed by atoms with Gasteiger partial charge in [-0.1, -0.05) is 47.5 Å². The molecular formula is C17H34O2. The molecule has 0 aliphatic carbocycles. The van der Waals surface area contributed by atoms with E-state index >= 15 is 0 Å². The summed E-state index contributed by atoms with van der Waals surface area (Å²) in [6.07, 6.45) is 5.16. The van der Waals surface area contributed by atoms with Gasteiger partial charge in [-0.25, -0.2) is 0 Å². The lowest BCUT2D eigenvalue weighted by Crippen LogP contribution is -2.18. The molecule has 19 heavy (non-hydrogen) atoms. The molecule has 0 amide bonds. The van der Waals surface area contributed by atoms with Crippen molar-refractivity contribution in [1.82, 2.24) is 0 Å². The second-order valence-electron chi connectivity index (χ2n) is 7.55. The number of unbranched alkanes of at least 4 members (excludes halogenated alkanes) is 1. The van der Waals surface area contributed by atoms with Gasteiger partial charge in [0.25, 0.3) is 0 Å². The highest BCUT2D eigenvalue weighted by atomic mass is 16.5. The molecule has 0 bridgehead atoms. The monoisotopic (exact) mass is 270 g/mol. The zero-order chi connectivity index (χ0) is 15.1. The smallest absolute Gasteiger partial charge is 0.306 e. The first kappa shape index (κ1) is 18.5. The van der Waals surface area contributed by atoms with Crippen molar-refractivity contribution in [3.63, 3.8) is 0 Å². The Balaban J connectivity index is 3.91. The summed E-state index contributed by atoms with van der Waals surface area (Å²) in [6, 6.07) is 0. The summed E-state index contributed by atoms with van der Waals surface area (Å²) in [4.78, 5) is 11.4. The van der Waals surface area contributed by atoms with E-state index in [4.69, 9.17) is 4.74 Å². The lowest BCUT2D eigenvalue weighted by molar-refractivity contribution is -0.147. The number of carbonyl (C=O) groups excluding carboxylic acids is 1. The normalized spacial score (nSPS) is 13.9. The molecule has 0 aliphatic heterocycles. The van der Waals surface area contributed by atoms with Crippen LogP contribution in [0.4, 0.5) is 0 Å². The quantitative estimate of drug-likeness (QED) is 0.447. The molecule has 1 unspecified atom stereocenters. The molecule has 0 N–H and O–H groups in total. The van der Waals surface area contributed by atoms with E-state index in [2.05, 4.69) is 34.6 Å². The van der Waals surface area contributed by atoms with Gasteiger partial charge in [0.05, 0.1) is 6.10 Å². The summed E-state index contributed by atoms with van der Waals surface area (Å²) in [6.45, 7) is 15.3.